The molecule has 1 amide bonds. The van der Waals surface area contributed by atoms with Gasteiger partial charge < -0.3 is 24.6 Å². The Morgan fingerprint density at radius 2 is 2.08 bits per heavy atom. The Morgan fingerprint density at radius 1 is 1.31 bits per heavy atom. The van der Waals surface area contributed by atoms with Crippen molar-refractivity contribution < 1.29 is 26.9 Å². The van der Waals surface area contributed by atoms with Gasteiger partial charge in [-0.3, -0.25) is 4.79 Å². The molecule has 1 saturated carbocycles. The van der Waals surface area contributed by atoms with Crippen LogP contribution in [0.1, 0.15) is 32.1 Å². The number of aromatic nitrogens is 3. The predicted molar refractivity (Wildman–Crippen MR) is 125 cm³/mol. The minimum absolute atomic E-state index is 0.000667. The first-order valence-corrected chi connectivity index (χ1v) is 11.9. The molecular weight excluding hydrogens is 480 g/mol. The third-order valence-electron chi connectivity index (χ3n) is 6.94. The highest BCUT2D eigenvalue weighted by Gasteiger charge is 2.39. The molecule has 2 aliphatic rings. The van der Waals surface area contributed by atoms with Crippen LogP contribution in [-0.4, -0.2) is 63.5 Å². The molecule has 3 aromatic rings. The Balaban J connectivity index is 1.49. The second-order valence-electron chi connectivity index (χ2n) is 10.00. The summed E-state index contributed by atoms with van der Waals surface area (Å²) in [5.74, 6) is -0.0283. The summed E-state index contributed by atoms with van der Waals surface area (Å²) in [4.78, 5) is 18.0. The molecule has 1 aliphatic heterocycles. The fourth-order valence-electron chi connectivity index (χ4n) is 4.61. The van der Waals surface area contributed by atoms with Gasteiger partial charge in [0.05, 0.1) is 23.3 Å². The zero-order valence-corrected chi connectivity index (χ0v) is 20.0. The lowest BCUT2D eigenvalue weighted by molar-refractivity contribution is -0.139. The van der Waals surface area contributed by atoms with E-state index in [-0.39, 0.29) is 42.3 Å². The topological polar surface area (TPSA) is 88.2 Å². The summed E-state index contributed by atoms with van der Waals surface area (Å²) in [5, 5.41) is 10.3. The van der Waals surface area contributed by atoms with Crippen LogP contribution in [0.25, 0.3) is 22.4 Å². The molecule has 2 atom stereocenters. The Kier molecular flexibility index (Phi) is 6.17. The van der Waals surface area contributed by atoms with Gasteiger partial charge in [-0.1, -0.05) is 11.2 Å². The number of amides is 1. The maximum atomic E-state index is 15.0. The van der Waals surface area contributed by atoms with E-state index >= 15 is 4.39 Å². The number of alkyl halides is 4. The molecular formula is C24H28F4N6O2. The van der Waals surface area contributed by atoms with E-state index in [0.29, 0.717) is 29.6 Å². The van der Waals surface area contributed by atoms with Crippen molar-refractivity contribution in [1.82, 2.24) is 24.9 Å². The summed E-state index contributed by atoms with van der Waals surface area (Å²) in [6.07, 6.45) is -3.44. The summed E-state index contributed by atoms with van der Waals surface area (Å²) < 4.78 is 62.0. The fraction of sp³-hybridized carbons (Fsp3) is 0.542. The lowest BCUT2D eigenvalue weighted by Crippen LogP contribution is -2.55. The van der Waals surface area contributed by atoms with Crippen LogP contribution in [0.4, 0.5) is 23.2 Å². The highest BCUT2D eigenvalue weighted by molar-refractivity contribution is 5.96. The van der Waals surface area contributed by atoms with Crippen LogP contribution < -0.4 is 10.6 Å². The van der Waals surface area contributed by atoms with E-state index in [1.54, 1.807) is 31.2 Å². The minimum atomic E-state index is -4.50. The number of carbonyl (C=O) groups excluding carboxylic acids is 1. The molecule has 0 bridgehead atoms. The summed E-state index contributed by atoms with van der Waals surface area (Å²) in [5.41, 5.74) is 0.0921. The predicted octanol–water partition coefficient (Wildman–Crippen LogP) is 4.12. The molecule has 1 aromatic carbocycles. The molecule has 5 rings (SSSR count). The number of carbonyl (C=O) groups is 1. The average Bonchev–Trinajstić information content (AvgIpc) is 3.45. The van der Waals surface area contributed by atoms with Crippen LogP contribution in [0.5, 0.6) is 0 Å². The maximum Gasteiger partial charge on any atom is 0.406 e. The number of hydrogen-bond donors (Lipinski definition) is 2. The van der Waals surface area contributed by atoms with E-state index in [1.807, 2.05) is 11.9 Å². The second-order valence-corrected chi connectivity index (χ2v) is 10.00. The Morgan fingerprint density at radius 3 is 2.78 bits per heavy atom. The van der Waals surface area contributed by atoms with E-state index in [1.165, 1.54) is 0 Å². The van der Waals surface area contributed by atoms with Crippen molar-refractivity contribution in [2.75, 3.05) is 25.5 Å². The Hall–Kier alpha value is -3.15. The number of hydrogen-bond acceptors (Lipinski definition) is 6. The molecule has 2 N–H and O–H groups in total. The second kappa shape index (κ2) is 9.06. The lowest BCUT2D eigenvalue weighted by Gasteiger charge is -2.42. The monoisotopic (exact) mass is 508 g/mol. The van der Waals surface area contributed by atoms with Gasteiger partial charge in [0.25, 0.3) is 0 Å². The van der Waals surface area contributed by atoms with Crippen LogP contribution >= 0.6 is 0 Å². The molecule has 8 nitrogen and oxygen atoms in total. The Bertz CT molecular complexity index is 1270. The molecule has 1 saturated heterocycles. The van der Waals surface area contributed by atoms with Crippen molar-refractivity contribution in [3.63, 3.8) is 0 Å². The van der Waals surface area contributed by atoms with Gasteiger partial charge >= 0.3 is 6.18 Å². The molecule has 0 radical (unpaired) electrons. The summed E-state index contributed by atoms with van der Waals surface area (Å²) in [6.45, 7) is 1.50. The number of rotatable bonds is 7. The molecule has 12 heteroatoms. The van der Waals surface area contributed by atoms with Gasteiger partial charge in [0, 0.05) is 30.1 Å². The quantitative estimate of drug-likeness (QED) is 0.467. The number of benzene rings is 1. The fourth-order valence-corrected chi connectivity index (χ4v) is 4.61. The van der Waals surface area contributed by atoms with Crippen LogP contribution in [0.2, 0.25) is 0 Å². The van der Waals surface area contributed by atoms with Gasteiger partial charge in [-0.25, -0.2) is 4.39 Å². The van der Waals surface area contributed by atoms with Crippen molar-refractivity contribution in [2.24, 2.45) is 5.92 Å². The van der Waals surface area contributed by atoms with Crippen molar-refractivity contribution in [1.29, 1.82) is 0 Å². The highest BCUT2D eigenvalue weighted by atomic mass is 19.4. The van der Waals surface area contributed by atoms with Gasteiger partial charge in [0.2, 0.25) is 17.6 Å². The molecule has 36 heavy (non-hydrogen) atoms. The molecule has 1 aliphatic carbocycles. The number of fused-ring (bicyclic) bond motifs is 1. The van der Waals surface area contributed by atoms with Gasteiger partial charge in [0.15, 0.2) is 0 Å². The first kappa shape index (κ1) is 24.5. The average molecular weight is 509 g/mol. The van der Waals surface area contributed by atoms with E-state index in [9.17, 15) is 18.0 Å². The number of anilines is 1. The maximum absolute atomic E-state index is 15.0. The standard InChI is InChI=1S/C24H28F4N6O2/c1-23(8-9-33(2)12-19(23)25)31-16-4-3-5-17-15(16)10-18(34(17)13-24(26,27)28)21-30-20(36-32-21)11-29-22(35)14-6-7-14/h3-5,10,14,19,31H,6-9,11-13H2,1-2H3,(H,29,35)/t19-,23+/m0/s1. The number of halogens is 4. The minimum Gasteiger partial charge on any atom is -0.376 e. The molecule has 0 spiro atoms. The lowest BCUT2D eigenvalue weighted by atomic mass is 9.87. The molecule has 194 valence electrons. The van der Waals surface area contributed by atoms with Crippen LogP contribution in [0, 0.1) is 5.92 Å². The number of nitrogens with one attached hydrogen (secondary N) is 2. The van der Waals surface area contributed by atoms with Crippen molar-refractivity contribution in [3.8, 4) is 11.5 Å². The third-order valence-corrected chi connectivity index (χ3v) is 6.94. The molecule has 3 heterocycles. The van der Waals surface area contributed by atoms with Crippen molar-refractivity contribution in [2.45, 2.75) is 57.2 Å². The number of nitrogens with zero attached hydrogens (tertiary/aromatic N) is 4. The third kappa shape index (κ3) is 5.04. The normalized spacial score (nSPS) is 23.2. The molecule has 0 unspecified atom stereocenters. The van der Waals surface area contributed by atoms with Crippen LogP contribution in [0.3, 0.4) is 0 Å². The van der Waals surface area contributed by atoms with Crippen LogP contribution in [0.15, 0.2) is 28.8 Å². The van der Waals surface area contributed by atoms with Crippen molar-refractivity contribution >= 4 is 22.5 Å². The van der Waals surface area contributed by atoms with Gasteiger partial charge in [-0.2, -0.15) is 18.2 Å². The van der Waals surface area contributed by atoms with E-state index in [0.717, 1.165) is 17.4 Å². The van der Waals surface area contributed by atoms with Gasteiger partial charge in [-0.15, -0.1) is 0 Å². The van der Waals surface area contributed by atoms with E-state index < -0.39 is 24.4 Å². The highest BCUT2D eigenvalue weighted by Crippen LogP contribution is 2.37. The molecule has 2 fully saturated rings. The van der Waals surface area contributed by atoms with Gasteiger partial charge in [-0.05, 0) is 51.4 Å². The SMILES string of the molecule is CN1CC[C@@](C)(Nc2cccc3c2cc(-c2noc(CNC(=O)C4CC4)n2)n3CC(F)(F)F)[C@@H](F)C1. The zero-order chi connectivity index (χ0) is 25.7. The Labute approximate surface area is 205 Å². The largest absolute Gasteiger partial charge is 0.406 e. The first-order valence-electron chi connectivity index (χ1n) is 11.9. The number of likely N-dealkylation sites (tertiary alicyclic amines) is 1. The van der Waals surface area contributed by atoms with Crippen molar-refractivity contribution in [3.05, 3.63) is 30.2 Å². The van der Waals surface area contributed by atoms with E-state index in [4.69, 9.17) is 4.52 Å². The summed E-state index contributed by atoms with van der Waals surface area (Å²) >= 11 is 0. The first-order chi connectivity index (χ1) is 17.0. The van der Waals surface area contributed by atoms with Gasteiger partial charge in [0.1, 0.15) is 12.7 Å². The zero-order valence-electron chi connectivity index (χ0n) is 20.0. The van der Waals surface area contributed by atoms with Crippen LogP contribution in [-0.2, 0) is 17.9 Å². The summed E-state index contributed by atoms with van der Waals surface area (Å²) in [7, 11) is 1.85. The van der Waals surface area contributed by atoms with E-state index in [2.05, 4.69) is 20.8 Å². The summed E-state index contributed by atoms with van der Waals surface area (Å²) in [6, 6.07) is 6.51. The number of piperidine rings is 1. The molecule has 2 aromatic heterocycles. The smallest absolute Gasteiger partial charge is 0.376 e.